The van der Waals surface area contributed by atoms with Crippen LogP contribution in [0.15, 0.2) is 18.2 Å². The molecule has 0 bridgehead atoms. The normalized spacial score (nSPS) is 12.1. The highest BCUT2D eigenvalue weighted by Crippen LogP contribution is 2.28. The minimum absolute atomic E-state index is 0.0326. The van der Waals surface area contributed by atoms with Gasteiger partial charge in [0.1, 0.15) is 6.04 Å². The fraction of sp³-hybridized carbons (Fsp3) is 0.417. The Morgan fingerprint density at radius 2 is 2.22 bits per heavy atom. The van der Waals surface area contributed by atoms with Crippen molar-refractivity contribution < 1.29 is 19.4 Å². The summed E-state index contributed by atoms with van der Waals surface area (Å²) in [5, 5.41) is 12.6. The van der Waals surface area contributed by atoms with Crippen LogP contribution in [-0.2, 0) is 9.53 Å². The lowest BCUT2D eigenvalue weighted by Crippen LogP contribution is -2.35. The molecule has 0 aliphatic carbocycles. The number of phenolic OH excluding ortho intramolecular Hbond substituents is 1. The Morgan fingerprint density at radius 3 is 2.72 bits per heavy atom. The largest absolute Gasteiger partial charge is 0.504 e. The molecule has 1 atom stereocenters. The first kappa shape index (κ1) is 14.3. The number of methoxy groups -OCH3 is 2. The summed E-state index contributed by atoms with van der Waals surface area (Å²) in [4.78, 5) is 11.4. The summed E-state index contributed by atoms with van der Waals surface area (Å²) >= 11 is 0. The van der Waals surface area contributed by atoms with Gasteiger partial charge in [0.2, 0.25) is 5.91 Å². The number of carbonyl (C=O) groups excluding carboxylic acids is 1. The molecule has 0 radical (unpaired) electrons. The number of rotatable bonds is 7. The van der Waals surface area contributed by atoms with Gasteiger partial charge in [-0.3, -0.25) is 10.1 Å². The second kappa shape index (κ2) is 6.83. The Labute approximate surface area is 106 Å². The van der Waals surface area contributed by atoms with Crippen molar-refractivity contribution in [2.75, 3.05) is 27.4 Å². The Morgan fingerprint density at radius 1 is 1.50 bits per heavy atom. The molecule has 6 heteroatoms. The first-order chi connectivity index (χ1) is 8.60. The second-order valence-electron chi connectivity index (χ2n) is 3.71. The Hall–Kier alpha value is -1.79. The molecule has 0 spiro atoms. The van der Waals surface area contributed by atoms with E-state index >= 15 is 0 Å². The summed E-state index contributed by atoms with van der Waals surface area (Å²) in [5.74, 6) is -0.204. The zero-order chi connectivity index (χ0) is 13.5. The molecular formula is C12H18N2O4. The molecule has 1 amide bonds. The molecule has 0 heterocycles. The minimum Gasteiger partial charge on any atom is -0.504 e. The van der Waals surface area contributed by atoms with Crippen LogP contribution in [0.1, 0.15) is 11.6 Å². The molecule has 0 saturated heterocycles. The fourth-order valence-corrected chi connectivity index (χ4v) is 1.57. The van der Waals surface area contributed by atoms with Gasteiger partial charge in [-0.1, -0.05) is 6.07 Å². The molecule has 4 N–H and O–H groups in total. The van der Waals surface area contributed by atoms with Crippen molar-refractivity contribution in [1.82, 2.24) is 5.32 Å². The molecule has 0 saturated carbocycles. The van der Waals surface area contributed by atoms with E-state index in [1.165, 1.54) is 13.2 Å². The molecule has 100 valence electrons. The molecule has 1 rings (SSSR count). The zero-order valence-corrected chi connectivity index (χ0v) is 10.5. The van der Waals surface area contributed by atoms with E-state index in [1.54, 1.807) is 19.2 Å². The van der Waals surface area contributed by atoms with E-state index in [9.17, 15) is 9.90 Å². The Balaban J connectivity index is 2.85. The van der Waals surface area contributed by atoms with Gasteiger partial charge in [0, 0.05) is 13.7 Å². The predicted molar refractivity (Wildman–Crippen MR) is 66.5 cm³/mol. The van der Waals surface area contributed by atoms with Crippen LogP contribution in [0.5, 0.6) is 11.5 Å². The number of ether oxygens (including phenoxy) is 2. The number of phenols is 1. The van der Waals surface area contributed by atoms with E-state index in [0.29, 0.717) is 24.5 Å². The van der Waals surface area contributed by atoms with Crippen LogP contribution >= 0.6 is 0 Å². The number of benzene rings is 1. The number of hydrogen-bond acceptors (Lipinski definition) is 5. The average molecular weight is 254 g/mol. The van der Waals surface area contributed by atoms with E-state index in [-0.39, 0.29) is 5.75 Å². The van der Waals surface area contributed by atoms with Crippen LogP contribution in [0.25, 0.3) is 0 Å². The Bertz CT molecular complexity index is 409. The first-order valence-electron chi connectivity index (χ1n) is 5.48. The maximum Gasteiger partial charge on any atom is 0.239 e. The van der Waals surface area contributed by atoms with Crippen LogP contribution in [0.3, 0.4) is 0 Å². The third kappa shape index (κ3) is 3.61. The van der Waals surface area contributed by atoms with Crippen molar-refractivity contribution in [3.05, 3.63) is 23.8 Å². The minimum atomic E-state index is -0.669. The molecule has 0 aliphatic heterocycles. The van der Waals surface area contributed by atoms with Crippen molar-refractivity contribution in [2.45, 2.75) is 6.04 Å². The molecule has 0 aliphatic rings. The van der Waals surface area contributed by atoms with Gasteiger partial charge in [-0.25, -0.2) is 0 Å². The lowest BCUT2D eigenvalue weighted by Gasteiger charge is -2.16. The zero-order valence-electron chi connectivity index (χ0n) is 10.5. The molecule has 1 unspecified atom stereocenters. The molecule has 0 aromatic heterocycles. The van der Waals surface area contributed by atoms with Crippen molar-refractivity contribution in [3.63, 3.8) is 0 Å². The van der Waals surface area contributed by atoms with E-state index in [2.05, 4.69) is 5.32 Å². The molecular weight excluding hydrogens is 236 g/mol. The number of nitrogens with one attached hydrogen (secondary N) is 1. The summed E-state index contributed by atoms with van der Waals surface area (Å²) in [6.45, 7) is 0.947. The summed E-state index contributed by atoms with van der Waals surface area (Å²) < 4.78 is 9.82. The predicted octanol–water partition coefficient (Wildman–Crippen LogP) is 0.163. The van der Waals surface area contributed by atoms with Crippen LogP contribution in [0, 0.1) is 0 Å². The van der Waals surface area contributed by atoms with Gasteiger partial charge in [-0.05, 0) is 17.7 Å². The van der Waals surface area contributed by atoms with Gasteiger partial charge in [0.15, 0.2) is 11.5 Å². The highest BCUT2D eigenvalue weighted by molar-refractivity contribution is 5.81. The van der Waals surface area contributed by atoms with E-state index in [0.717, 1.165) is 0 Å². The maximum absolute atomic E-state index is 11.4. The number of aromatic hydroxyl groups is 1. The molecule has 1 aromatic carbocycles. The van der Waals surface area contributed by atoms with Crippen molar-refractivity contribution in [3.8, 4) is 11.5 Å². The van der Waals surface area contributed by atoms with Gasteiger partial charge in [0.25, 0.3) is 0 Å². The average Bonchev–Trinajstić information content (AvgIpc) is 2.34. The third-order valence-electron chi connectivity index (χ3n) is 2.48. The van der Waals surface area contributed by atoms with Crippen LogP contribution in [-0.4, -0.2) is 38.4 Å². The summed E-state index contributed by atoms with van der Waals surface area (Å²) in [7, 11) is 3.03. The van der Waals surface area contributed by atoms with E-state index in [1.807, 2.05) is 0 Å². The van der Waals surface area contributed by atoms with Crippen LogP contribution < -0.4 is 15.8 Å². The number of amides is 1. The summed E-state index contributed by atoms with van der Waals surface area (Å²) in [6.07, 6.45) is 0. The third-order valence-corrected chi connectivity index (χ3v) is 2.48. The van der Waals surface area contributed by atoms with Gasteiger partial charge in [-0.15, -0.1) is 0 Å². The van der Waals surface area contributed by atoms with E-state index in [4.69, 9.17) is 15.2 Å². The first-order valence-corrected chi connectivity index (χ1v) is 5.48. The Kier molecular flexibility index (Phi) is 5.41. The highest BCUT2D eigenvalue weighted by Gasteiger charge is 2.18. The standard InChI is InChI=1S/C12H18N2O4/c1-17-6-5-14-11(12(13)16)8-3-4-10(18-2)9(15)7-8/h3-4,7,11,14-15H,5-6H2,1-2H3,(H2,13,16). The topological polar surface area (TPSA) is 93.8 Å². The lowest BCUT2D eigenvalue weighted by atomic mass is 10.1. The number of primary amides is 1. The van der Waals surface area contributed by atoms with Gasteiger partial charge in [-0.2, -0.15) is 0 Å². The molecule has 1 aromatic rings. The lowest BCUT2D eigenvalue weighted by molar-refractivity contribution is -0.120. The van der Waals surface area contributed by atoms with Gasteiger partial charge >= 0.3 is 0 Å². The van der Waals surface area contributed by atoms with Crippen molar-refractivity contribution in [2.24, 2.45) is 5.73 Å². The highest BCUT2D eigenvalue weighted by atomic mass is 16.5. The van der Waals surface area contributed by atoms with Crippen molar-refractivity contribution >= 4 is 5.91 Å². The second-order valence-corrected chi connectivity index (χ2v) is 3.71. The summed E-state index contributed by atoms with van der Waals surface area (Å²) in [6, 6.07) is 4.04. The quantitative estimate of drug-likeness (QED) is 0.603. The molecule has 0 fully saturated rings. The fourth-order valence-electron chi connectivity index (χ4n) is 1.57. The van der Waals surface area contributed by atoms with Gasteiger partial charge < -0.3 is 20.3 Å². The molecule has 6 nitrogen and oxygen atoms in total. The van der Waals surface area contributed by atoms with Crippen LogP contribution in [0.4, 0.5) is 0 Å². The van der Waals surface area contributed by atoms with Crippen molar-refractivity contribution in [1.29, 1.82) is 0 Å². The number of hydrogen-bond donors (Lipinski definition) is 3. The number of nitrogens with two attached hydrogens (primary N) is 1. The smallest absolute Gasteiger partial charge is 0.239 e. The maximum atomic E-state index is 11.4. The number of carbonyl (C=O) groups is 1. The van der Waals surface area contributed by atoms with Crippen LogP contribution in [0.2, 0.25) is 0 Å². The monoisotopic (exact) mass is 254 g/mol. The summed E-state index contributed by atoms with van der Waals surface area (Å²) in [5.41, 5.74) is 5.90. The SMILES string of the molecule is COCCNC(C(N)=O)c1ccc(OC)c(O)c1. The molecule has 18 heavy (non-hydrogen) atoms. The van der Waals surface area contributed by atoms with E-state index < -0.39 is 11.9 Å². The van der Waals surface area contributed by atoms with Gasteiger partial charge in [0.05, 0.1) is 13.7 Å².